The van der Waals surface area contributed by atoms with Gasteiger partial charge in [0, 0.05) is 16.9 Å². The summed E-state index contributed by atoms with van der Waals surface area (Å²) in [5.41, 5.74) is 3.77. The lowest BCUT2D eigenvalue weighted by Crippen LogP contribution is -2.11. The quantitative estimate of drug-likeness (QED) is 0.361. The number of imidazole rings is 1. The zero-order valence-corrected chi connectivity index (χ0v) is 13.5. The number of anilines is 3. The van der Waals surface area contributed by atoms with Gasteiger partial charge in [-0.15, -0.1) is 0 Å². The summed E-state index contributed by atoms with van der Waals surface area (Å²) in [4.78, 5) is 8.58. The minimum Gasteiger partial charge on any atom is -0.336 e. The van der Waals surface area contributed by atoms with E-state index >= 15 is 0 Å². The maximum absolute atomic E-state index is 6.23. The van der Waals surface area contributed by atoms with Gasteiger partial charge in [-0.2, -0.15) is 0 Å². The van der Waals surface area contributed by atoms with Crippen LogP contribution in [0.15, 0.2) is 35.2 Å². The summed E-state index contributed by atoms with van der Waals surface area (Å²) in [6, 6.07) is 3.59. The monoisotopic (exact) mass is 386 g/mol. The lowest BCUT2D eigenvalue weighted by Gasteiger charge is -2.12. The van der Waals surface area contributed by atoms with Crippen molar-refractivity contribution in [1.82, 2.24) is 14.4 Å². The number of hydrogen-bond acceptors (Lipinski definition) is 5. The van der Waals surface area contributed by atoms with Crippen molar-refractivity contribution in [2.75, 3.05) is 10.7 Å². The second-order valence-electron chi connectivity index (χ2n) is 4.13. The summed E-state index contributed by atoms with van der Waals surface area (Å²) in [5.74, 6) is 6.42. The zero-order valence-electron chi connectivity index (χ0n) is 10.4. The summed E-state index contributed by atoms with van der Waals surface area (Å²) in [5, 5.41) is 3.93. The molecule has 0 aliphatic rings. The van der Waals surface area contributed by atoms with Crippen molar-refractivity contribution in [3.63, 3.8) is 0 Å². The van der Waals surface area contributed by atoms with E-state index in [4.69, 9.17) is 29.0 Å². The van der Waals surface area contributed by atoms with E-state index in [9.17, 15) is 0 Å². The predicted molar refractivity (Wildman–Crippen MR) is 88.2 cm³/mol. The number of hydrazine groups is 1. The van der Waals surface area contributed by atoms with Gasteiger partial charge in [0.2, 0.25) is 0 Å². The molecule has 0 aliphatic heterocycles. The molecule has 3 rings (SSSR count). The molecule has 9 heteroatoms. The van der Waals surface area contributed by atoms with Crippen molar-refractivity contribution in [3.8, 4) is 0 Å². The first-order valence-electron chi connectivity index (χ1n) is 5.81. The standard InChI is InChI=1S/C12H9BrCl2N6/c13-6-1-2-7(10(15)9(6)14)18-11-12-17-3-4-21(12)5-8(19-11)20-16/h1-5,20H,16H2,(H,18,19). The molecule has 0 unspecified atom stereocenters. The molecule has 0 atom stereocenters. The first-order valence-corrected chi connectivity index (χ1v) is 7.36. The van der Waals surface area contributed by atoms with E-state index in [1.807, 2.05) is 0 Å². The molecule has 0 saturated heterocycles. The lowest BCUT2D eigenvalue weighted by molar-refractivity contribution is 1.11. The molecule has 0 aliphatic carbocycles. The van der Waals surface area contributed by atoms with E-state index < -0.39 is 0 Å². The smallest absolute Gasteiger partial charge is 0.180 e. The number of rotatable bonds is 3. The highest BCUT2D eigenvalue weighted by atomic mass is 79.9. The van der Waals surface area contributed by atoms with Gasteiger partial charge in [0.25, 0.3) is 0 Å². The topological polar surface area (TPSA) is 80.3 Å². The summed E-state index contributed by atoms with van der Waals surface area (Å²) in [6.45, 7) is 0. The van der Waals surface area contributed by atoms with Crippen LogP contribution in [0, 0.1) is 0 Å². The number of benzene rings is 1. The number of aromatic nitrogens is 3. The zero-order chi connectivity index (χ0) is 15.0. The molecule has 2 heterocycles. The average molecular weight is 388 g/mol. The Hall–Kier alpha value is -1.54. The van der Waals surface area contributed by atoms with Gasteiger partial charge < -0.3 is 15.1 Å². The molecule has 0 radical (unpaired) electrons. The van der Waals surface area contributed by atoms with Crippen LogP contribution in [0.3, 0.4) is 0 Å². The molecule has 6 nitrogen and oxygen atoms in total. The van der Waals surface area contributed by atoms with Crippen molar-refractivity contribution < 1.29 is 0 Å². The fourth-order valence-corrected chi connectivity index (χ4v) is 2.66. The Morgan fingerprint density at radius 2 is 2.05 bits per heavy atom. The fraction of sp³-hybridized carbons (Fsp3) is 0. The van der Waals surface area contributed by atoms with Crippen LogP contribution in [0.2, 0.25) is 10.0 Å². The Morgan fingerprint density at radius 1 is 1.24 bits per heavy atom. The summed E-state index contributed by atoms with van der Waals surface area (Å²) >= 11 is 15.7. The second-order valence-corrected chi connectivity index (χ2v) is 5.74. The number of hydrogen-bond donors (Lipinski definition) is 3. The van der Waals surface area contributed by atoms with E-state index in [1.54, 1.807) is 35.1 Å². The van der Waals surface area contributed by atoms with Crippen LogP contribution >= 0.6 is 39.1 Å². The van der Waals surface area contributed by atoms with Crippen molar-refractivity contribution in [2.24, 2.45) is 5.84 Å². The fourth-order valence-electron chi connectivity index (χ4n) is 1.84. The molecular weight excluding hydrogens is 379 g/mol. The Morgan fingerprint density at radius 3 is 2.81 bits per heavy atom. The largest absolute Gasteiger partial charge is 0.336 e. The first-order chi connectivity index (χ1) is 10.1. The van der Waals surface area contributed by atoms with Crippen LogP contribution < -0.4 is 16.6 Å². The molecule has 4 N–H and O–H groups in total. The summed E-state index contributed by atoms with van der Waals surface area (Å²) in [7, 11) is 0. The van der Waals surface area contributed by atoms with Crippen LogP contribution in [0.5, 0.6) is 0 Å². The van der Waals surface area contributed by atoms with Crippen molar-refractivity contribution in [2.45, 2.75) is 0 Å². The van der Waals surface area contributed by atoms with Crippen molar-refractivity contribution >= 4 is 62.1 Å². The van der Waals surface area contributed by atoms with Crippen molar-refractivity contribution in [3.05, 3.63) is 45.2 Å². The second kappa shape index (κ2) is 5.69. The molecule has 0 fully saturated rings. The Balaban J connectivity index is 2.09. The molecule has 3 aromatic rings. The third kappa shape index (κ3) is 2.65. The molecule has 1 aromatic carbocycles. The van der Waals surface area contributed by atoms with Gasteiger partial charge in [0.15, 0.2) is 17.3 Å². The lowest BCUT2D eigenvalue weighted by atomic mass is 10.3. The van der Waals surface area contributed by atoms with Gasteiger partial charge in [0.1, 0.15) is 0 Å². The van der Waals surface area contributed by atoms with Crippen molar-refractivity contribution in [1.29, 1.82) is 0 Å². The minimum atomic E-state index is 0.392. The highest BCUT2D eigenvalue weighted by Crippen LogP contribution is 2.37. The van der Waals surface area contributed by atoms with E-state index in [0.717, 1.165) is 4.47 Å². The van der Waals surface area contributed by atoms with E-state index in [1.165, 1.54) is 0 Å². The Bertz CT molecular complexity index is 819. The molecule has 21 heavy (non-hydrogen) atoms. The predicted octanol–water partition coefficient (Wildman–Crippen LogP) is 3.83. The Kier molecular flexibility index (Phi) is 3.90. The van der Waals surface area contributed by atoms with Crippen LogP contribution in [0.25, 0.3) is 5.65 Å². The van der Waals surface area contributed by atoms with Gasteiger partial charge in [-0.05, 0) is 28.1 Å². The number of halogens is 3. The number of nitrogens with two attached hydrogens (primary N) is 1. The van der Waals surface area contributed by atoms with E-state index in [0.29, 0.717) is 33.0 Å². The molecule has 2 aromatic heterocycles. The van der Waals surface area contributed by atoms with Gasteiger partial charge in [-0.3, -0.25) is 0 Å². The average Bonchev–Trinajstić information content (AvgIpc) is 2.96. The van der Waals surface area contributed by atoms with Gasteiger partial charge in [0.05, 0.1) is 21.9 Å². The molecule has 0 saturated carbocycles. The number of fused-ring (bicyclic) bond motifs is 1. The van der Waals surface area contributed by atoms with Gasteiger partial charge in [-0.1, -0.05) is 23.2 Å². The van der Waals surface area contributed by atoms with Crippen LogP contribution in [-0.4, -0.2) is 14.4 Å². The molecule has 0 bridgehead atoms. The molecular formula is C12H9BrCl2N6. The normalized spacial score (nSPS) is 10.9. The number of nitrogens with zero attached hydrogens (tertiary/aromatic N) is 3. The van der Waals surface area contributed by atoms with Gasteiger partial charge >= 0.3 is 0 Å². The summed E-state index contributed by atoms with van der Waals surface area (Å²) < 4.78 is 2.51. The van der Waals surface area contributed by atoms with Crippen LogP contribution in [0.1, 0.15) is 0 Å². The SMILES string of the molecule is NNc1cn2ccnc2c(Nc2ccc(Br)c(Cl)c2Cl)n1. The maximum Gasteiger partial charge on any atom is 0.180 e. The summed E-state index contributed by atoms with van der Waals surface area (Å²) in [6.07, 6.45) is 5.18. The molecule has 108 valence electrons. The van der Waals surface area contributed by atoms with Crippen LogP contribution in [0.4, 0.5) is 17.3 Å². The van der Waals surface area contributed by atoms with E-state index in [2.05, 4.69) is 36.6 Å². The number of nitrogen functional groups attached to an aromatic ring is 1. The van der Waals surface area contributed by atoms with Crippen LogP contribution in [-0.2, 0) is 0 Å². The molecule has 0 amide bonds. The third-order valence-electron chi connectivity index (χ3n) is 2.81. The highest BCUT2D eigenvalue weighted by Gasteiger charge is 2.12. The minimum absolute atomic E-state index is 0.392. The Labute approximate surface area is 138 Å². The maximum atomic E-state index is 6.23. The number of nitrogens with one attached hydrogen (secondary N) is 2. The van der Waals surface area contributed by atoms with E-state index in [-0.39, 0.29) is 0 Å². The molecule has 0 spiro atoms. The highest BCUT2D eigenvalue weighted by molar-refractivity contribution is 9.10. The first kappa shape index (κ1) is 14.4. The van der Waals surface area contributed by atoms with Gasteiger partial charge in [-0.25, -0.2) is 15.8 Å². The third-order valence-corrected chi connectivity index (χ3v) is 4.58.